The fourth-order valence-corrected chi connectivity index (χ4v) is 2.82. The summed E-state index contributed by atoms with van der Waals surface area (Å²) in [6.45, 7) is 11.6. The third kappa shape index (κ3) is 4.05. The zero-order valence-corrected chi connectivity index (χ0v) is 13.1. The highest BCUT2D eigenvalue weighted by Gasteiger charge is 2.33. The molecule has 1 saturated heterocycles. The van der Waals surface area contributed by atoms with Gasteiger partial charge in [0.05, 0.1) is 0 Å². The molecule has 1 aromatic carbocycles. The van der Waals surface area contributed by atoms with Gasteiger partial charge in [-0.3, -0.25) is 4.90 Å². The van der Waals surface area contributed by atoms with E-state index in [2.05, 4.69) is 61.3 Å². The van der Waals surface area contributed by atoms with E-state index < -0.39 is 0 Å². The molecule has 0 spiro atoms. The Balaban J connectivity index is 1.93. The van der Waals surface area contributed by atoms with Crippen LogP contribution in [0.2, 0.25) is 0 Å². The van der Waals surface area contributed by atoms with Crippen LogP contribution < -0.4 is 5.32 Å². The van der Waals surface area contributed by atoms with E-state index in [4.69, 9.17) is 4.74 Å². The van der Waals surface area contributed by atoms with Crippen molar-refractivity contribution in [3.8, 4) is 0 Å². The van der Waals surface area contributed by atoms with Crippen LogP contribution in [0.4, 0.5) is 0 Å². The number of benzene rings is 1. The number of hydrogen-bond acceptors (Lipinski definition) is 3. The Bertz CT molecular complexity index is 391. The van der Waals surface area contributed by atoms with E-state index in [9.17, 15) is 0 Å². The maximum absolute atomic E-state index is 5.46. The van der Waals surface area contributed by atoms with Crippen molar-refractivity contribution >= 4 is 0 Å². The van der Waals surface area contributed by atoms with Crippen molar-refractivity contribution in [3.63, 3.8) is 0 Å². The van der Waals surface area contributed by atoms with Gasteiger partial charge in [0.2, 0.25) is 0 Å². The van der Waals surface area contributed by atoms with Crippen molar-refractivity contribution in [3.05, 3.63) is 35.9 Å². The number of hydrogen-bond donors (Lipinski definition) is 1. The zero-order chi connectivity index (χ0) is 14.4. The zero-order valence-electron chi connectivity index (χ0n) is 13.1. The molecule has 1 fully saturated rings. The molecular formula is C17H28N2O. The molecule has 0 saturated carbocycles. The summed E-state index contributed by atoms with van der Waals surface area (Å²) >= 11 is 0. The van der Waals surface area contributed by atoms with E-state index in [1.54, 1.807) is 0 Å². The first-order valence-corrected chi connectivity index (χ1v) is 7.74. The van der Waals surface area contributed by atoms with Gasteiger partial charge in [-0.2, -0.15) is 0 Å². The maximum Gasteiger partial charge on any atom is 0.0478 e. The summed E-state index contributed by atoms with van der Waals surface area (Å²) in [7, 11) is 0. The molecule has 0 amide bonds. The molecule has 1 unspecified atom stereocenters. The lowest BCUT2D eigenvalue weighted by Gasteiger charge is -2.46. The lowest BCUT2D eigenvalue weighted by Crippen LogP contribution is -2.59. The Morgan fingerprint density at radius 1 is 1.30 bits per heavy atom. The smallest absolute Gasteiger partial charge is 0.0478 e. The number of piperazine rings is 1. The number of ether oxygens (including phenoxy) is 1. The Morgan fingerprint density at radius 2 is 2.05 bits per heavy atom. The van der Waals surface area contributed by atoms with Gasteiger partial charge in [0, 0.05) is 44.4 Å². The predicted molar refractivity (Wildman–Crippen MR) is 83.9 cm³/mol. The molecule has 0 radical (unpaired) electrons. The molecule has 0 aromatic heterocycles. The lowest BCUT2D eigenvalue weighted by atomic mass is 9.94. The topological polar surface area (TPSA) is 24.5 Å². The second kappa shape index (κ2) is 7.21. The normalized spacial score (nSPS) is 22.9. The minimum absolute atomic E-state index is 0.220. The molecule has 0 aliphatic carbocycles. The van der Waals surface area contributed by atoms with Crippen LogP contribution in [0.1, 0.15) is 38.8 Å². The molecule has 1 aliphatic heterocycles. The van der Waals surface area contributed by atoms with Crippen molar-refractivity contribution in [2.45, 2.75) is 38.8 Å². The van der Waals surface area contributed by atoms with Crippen LogP contribution in [-0.4, -0.2) is 43.3 Å². The van der Waals surface area contributed by atoms with E-state index in [-0.39, 0.29) is 5.54 Å². The van der Waals surface area contributed by atoms with Gasteiger partial charge in [0.25, 0.3) is 0 Å². The summed E-state index contributed by atoms with van der Waals surface area (Å²) in [4.78, 5) is 2.60. The van der Waals surface area contributed by atoms with Crippen LogP contribution in [0.15, 0.2) is 30.3 Å². The molecule has 20 heavy (non-hydrogen) atoms. The first-order valence-electron chi connectivity index (χ1n) is 7.74. The molecule has 2 rings (SSSR count). The monoisotopic (exact) mass is 276 g/mol. The third-order valence-electron chi connectivity index (χ3n) is 4.16. The average molecular weight is 276 g/mol. The standard InChI is InChI=1S/C17H28N2O/c1-4-20-12-8-11-19-13-16(18-14-17(19,2)3)15-9-6-5-7-10-15/h5-7,9-10,16,18H,4,8,11-14H2,1-3H3. The molecule has 3 nitrogen and oxygen atoms in total. The summed E-state index contributed by atoms with van der Waals surface area (Å²) in [5, 5.41) is 3.68. The first-order chi connectivity index (χ1) is 9.63. The van der Waals surface area contributed by atoms with Gasteiger partial charge in [0.15, 0.2) is 0 Å². The molecule has 112 valence electrons. The van der Waals surface area contributed by atoms with E-state index >= 15 is 0 Å². The van der Waals surface area contributed by atoms with Crippen molar-refractivity contribution in [1.29, 1.82) is 0 Å². The van der Waals surface area contributed by atoms with Gasteiger partial charge < -0.3 is 10.1 Å². The Hall–Kier alpha value is -0.900. The molecule has 1 N–H and O–H groups in total. The van der Waals surface area contributed by atoms with Crippen LogP contribution in [0, 0.1) is 0 Å². The quantitative estimate of drug-likeness (QED) is 0.809. The van der Waals surface area contributed by atoms with Crippen LogP contribution >= 0.6 is 0 Å². The number of nitrogens with one attached hydrogen (secondary N) is 1. The van der Waals surface area contributed by atoms with E-state index in [0.29, 0.717) is 6.04 Å². The van der Waals surface area contributed by atoms with Crippen molar-refractivity contribution in [2.75, 3.05) is 32.8 Å². The van der Waals surface area contributed by atoms with Gasteiger partial charge in [-0.1, -0.05) is 30.3 Å². The molecule has 1 atom stereocenters. The summed E-state index contributed by atoms with van der Waals surface area (Å²) in [5.74, 6) is 0. The molecule has 3 heteroatoms. The SMILES string of the molecule is CCOCCCN1CC(c2ccccc2)NCC1(C)C. The summed E-state index contributed by atoms with van der Waals surface area (Å²) in [5.41, 5.74) is 1.61. The first kappa shape index (κ1) is 15.5. The van der Waals surface area contributed by atoms with E-state index in [1.165, 1.54) is 5.56 Å². The minimum Gasteiger partial charge on any atom is -0.382 e. The predicted octanol–water partition coefficient (Wildman–Crippen LogP) is 2.84. The summed E-state index contributed by atoms with van der Waals surface area (Å²) < 4.78 is 5.46. The van der Waals surface area contributed by atoms with Crippen molar-refractivity contribution in [1.82, 2.24) is 10.2 Å². The maximum atomic E-state index is 5.46. The molecule has 0 bridgehead atoms. The van der Waals surface area contributed by atoms with Gasteiger partial charge in [-0.15, -0.1) is 0 Å². The summed E-state index contributed by atoms with van der Waals surface area (Å²) in [6, 6.07) is 11.2. The van der Waals surface area contributed by atoms with E-state index in [1.807, 2.05) is 0 Å². The Labute approximate surface area is 123 Å². The van der Waals surface area contributed by atoms with Crippen LogP contribution in [0.25, 0.3) is 0 Å². The fourth-order valence-electron chi connectivity index (χ4n) is 2.82. The Morgan fingerprint density at radius 3 is 2.75 bits per heavy atom. The largest absolute Gasteiger partial charge is 0.382 e. The van der Waals surface area contributed by atoms with Gasteiger partial charge >= 0.3 is 0 Å². The van der Waals surface area contributed by atoms with Gasteiger partial charge in [0.1, 0.15) is 0 Å². The fraction of sp³-hybridized carbons (Fsp3) is 0.647. The van der Waals surface area contributed by atoms with Crippen LogP contribution in [0.5, 0.6) is 0 Å². The highest BCUT2D eigenvalue weighted by molar-refractivity contribution is 5.20. The Kier molecular flexibility index (Phi) is 5.58. The number of rotatable bonds is 6. The third-order valence-corrected chi connectivity index (χ3v) is 4.16. The van der Waals surface area contributed by atoms with Crippen molar-refractivity contribution < 1.29 is 4.74 Å². The van der Waals surface area contributed by atoms with Gasteiger partial charge in [-0.25, -0.2) is 0 Å². The highest BCUT2D eigenvalue weighted by Crippen LogP contribution is 2.25. The number of nitrogens with zero attached hydrogens (tertiary/aromatic N) is 1. The summed E-state index contributed by atoms with van der Waals surface area (Å²) in [6.07, 6.45) is 1.11. The van der Waals surface area contributed by atoms with Crippen LogP contribution in [0.3, 0.4) is 0 Å². The van der Waals surface area contributed by atoms with Gasteiger partial charge in [-0.05, 0) is 32.8 Å². The molecule has 1 aromatic rings. The van der Waals surface area contributed by atoms with Crippen LogP contribution in [-0.2, 0) is 4.74 Å². The lowest BCUT2D eigenvalue weighted by molar-refractivity contribution is 0.0520. The molecule has 1 heterocycles. The second-order valence-electron chi connectivity index (χ2n) is 6.15. The van der Waals surface area contributed by atoms with Crippen molar-refractivity contribution in [2.24, 2.45) is 0 Å². The second-order valence-corrected chi connectivity index (χ2v) is 6.15. The highest BCUT2D eigenvalue weighted by atomic mass is 16.5. The minimum atomic E-state index is 0.220. The molecule has 1 aliphatic rings. The molecular weight excluding hydrogens is 248 g/mol. The van der Waals surface area contributed by atoms with E-state index in [0.717, 1.165) is 39.3 Å². The average Bonchev–Trinajstić information content (AvgIpc) is 2.46.